The third-order valence-corrected chi connectivity index (χ3v) is 5.14. The molecule has 0 spiro atoms. The highest BCUT2D eigenvalue weighted by molar-refractivity contribution is 7.09. The Morgan fingerprint density at radius 3 is 2.65 bits per heavy atom. The normalized spacial score (nSPS) is 10.4. The van der Waals surface area contributed by atoms with Crippen molar-refractivity contribution in [1.82, 2.24) is 5.32 Å². The zero-order valence-corrected chi connectivity index (χ0v) is 17.9. The van der Waals surface area contributed by atoms with Crippen molar-refractivity contribution in [2.75, 3.05) is 13.7 Å². The van der Waals surface area contributed by atoms with Crippen LogP contribution < -0.4 is 14.8 Å². The topological polar surface area (TPSA) is 30.5 Å². The van der Waals surface area contributed by atoms with Crippen LogP contribution in [-0.4, -0.2) is 13.7 Å². The second-order valence-corrected chi connectivity index (χ2v) is 7.51. The van der Waals surface area contributed by atoms with Crippen LogP contribution in [-0.2, 0) is 13.2 Å². The lowest BCUT2D eigenvalue weighted by Gasteiger charge is -2.14. The Kier molecular flexibility index (Phi) is 11.8. The largest absolute Gasteiger partial charge is 0.493 e. The first kappa shape index (κ1) is 23.1. The number of hydrogen-bond acceptors (Lipinski definition) is 4. The first-order chi connectivity index (χ1) is 12.2. The van der Waals surface area contributed by atoms with E-state index in [2.05, 4.69) is 12.2 Å². The van der Waals surface area contributed by atoms with Crippen molar-refractivity contribution >= 4 is 35.3 Å². The van der Waals surface area contributed by atoms with Gasteiger partial charge in [-0.05, 0) is 42.1 Å². The standard InChI is InChI=1S/C20H28ClNO2S.ClH/c1-3-4-5-6-7-10-22-14-16-12-18(21)20(19(13-16)23-2)24-15-17-9-8-11-25-17;/h8-9,11-13,22H,3-7,10,14-15H2,1-2H3;1H. The molecule has 0 aliphatic heterocycles. The number of unbranched alkanes of at least 4 members (excludes halogenated alkanes) is 4. The monoisotopic (exact) mass is 417 g/mol. The van der Waals surface area contributed by atoms with E-state index in [1.54, 1.807) is 18.4 Å². The zero-order chi connectivity index (χ0) is 17.9. The predicted octanol–water partition coefficient (Wildman–Crippen LogP) is 6.47. The second kappa shape index (κ2) is 13.3. The molecular weight excluding hydrogens is 389 g/mol. The van der Waals surface area contributed by atoms with E-state index >= 15 is 0 Å². The van der Waals surface area contributed by atoms with Gasteiger partial charge in [0, 0.05) is 11.4 Å². The average Bonchev–Trinajstić information content (AvgIpc) is 3.13. The van der Waals surface area contributed by atoms with Crippen molar-refractivity contribution in [3.63, 3.8) is 0 Å². The molecule has 0 atom stereocenters. The lowest BCUT2D eigenvalue weighted by atomic mass is 10.1. The van der Waals surface area contributed by atoms with Gasteiger partial charge >= 0.3 is 0 Å². The van der Waals surface area contributed by atoms with Crippen LogP contribution in [0.2, 0.25) is 5.02 Å². The molecule has 26 heavy (non-hydrogen) atoms. The molecule has 3 nitrogen and oxygen atoms in total. The number of rotatable bonds is 12. The number of benzene rings is 1. The quantitative estimate of drug-likeness (QED) is 0.401. The van der Waals surface area contributed by atoms with Gasteiger partial charge in [-0.25, -0.2) is 0 Å². The summed E-state index contributed by atoms with van der Waals surface area (Å²) in [6.07, 6.45) is 6.45. The molecule has 0 bridgehead atoms. The average molecular weight is 418 g/mol. The number of thiophene rings is 1. The summed E-state index contributed by atoms with van der Waals surface area (Å²) in [4.78, 5) is 1.16. The highest BCUT2D eigenvalue weighted by atomic mass is 35.5. The Hall–Kier alpha value is -0.940. The summed E-state index contributed by atoms with van der Waals surface area (Å²) in [7, 11) is 1.65. The van der Waals surface area contributed by atoms with E-state index in [1.807, 2.05) is 29.6 Å². The first-order valence-electron chi connectivity index (χ1n) is 8.97. The molecule has 1 heterocycles. The SMILES string of the molecule is CCCCCCCNCc1cc(Cl)c(OCc2cccs2)c(OC)c1.Cl. The van der Waals surface area contributed by atoms with E-state index in [0.717, 1.165) is 23.5 Å². The van der Waals surface area contributed by atoms with Crippen LogP contribution in [0.5, 0.6) is 11.5 Å². The van der Waals surface area contributed by atoms with Crippen molar-refractivity contribution in [3.8, 4) is 11.5 Å². The fourth-order valence-corrected chi connectivity index (χ4v) is 3.54. The summed E-state index contributed by atoms with van der Waals surface area (Å²) in [5.74, 6) is 1.30. The first-order valence-corrected chi connectivity index (χ1v) is 10.2. The van der Waals surface area contributed by atoms with Crippen molar-refractivity contribution in [2.45, 2.75) is 52.2 Å². The number of nitrogens with one attached hydrogen (secondary N) is 1. The summed E-state index contributed by atoms with van der Waals surface area (Å²) in [6, 6.07) is 8.01. The molecule has 0 fully saturated rings. The van der Waals surface area contributed by atoms with E-state index in [1.165, 1.54) is 32.1 Å². The molecule has 1 aromatic heterocycles. The van der Waals surface area contributed by atoms with Gasteiger partial charge in [-0.3, -0.25) is 0 Å². The predicted molar refractivity (Wildman–Crippen MR) is 114 cm³/mol. The molecule has 0 unspecified atom stereocenters. The Balaban J connectivity index is 0.00000338. The zero-order valence-electron chi connectivity index (χ0n) is 15.6. The van der Waals surface area contributed by atoms with E-state index < -0.39 is 0 Å². The Morgan fingerprint density at radius 2 is 1.96 bits per heavy atom. The lowest BCUT2D eigenvalue weighted by Crippen LogP contribution is -2.14. The number of hydrogen-bond donors (Lipinski definition) is 1. The van der Waals surface area contributed by atoms with Gasteiger partial charge in [0.1, 0.15) is 6.61 Å². The van der Waals surface area contributed by atoms with E-state index in [0.29, 0.717) is 23.1 Å². The molecule has 1 aromatic carbocycles. The van der Waals surface area contributed by atoms with Crippen molar-refractivity contribution < 1.29 is 9.47 Å². The minimum absolute atomic E-state index is 0. The molecule has 0 radical (unpaired) electrons. The molecule has 0 saturated heterocycles. The molecule has 6 heteroatoms. The fraction of sp³-hybridized carbons (Fsp3) is 0.500. The third-order valence-electron chi connectivity index (χ3n) is 4.01. The number of halogens is 2. The fourth-order valence-electron chi connectivity index (χ4n) is 2.64. The molecule has 0 amide bonds. The highest BCUT2D eigenvalue weighted by Crippen LogP contribution is 2.37. The molecule has 1 N–H and O–H groups in total. The van der Waals surface area contributed by atoms with Gasteiger partial charge in [-0.1, -0.05) is 50.3 Å². The van der Waals surface area contributed by atoms with Crippen LogP contribution in [0.15, 0.2) is 29.6 Å². The Morgan fingerprint density at radius 1 is 1.15 bits per heavy atom. The van der Waals surface area contributed by atoms with Crippen LogP contribution in [0.25, 0.3) is 0 Å². The third kappa shape index (κ3) is 7.75. The summed E-state index contributed by atoms with van der Waals surface area (Å²) < 4.78 is 11.3. The summed E-state index contributed by atoms with van der Waals surface area (Å²) in [5.41, 5.74) is 1.11. The minimum atomic E-state index is 0. The molecule has 2 rings (SSSR count). The van der Waals surface area contributed by atoms with Crippen LogP contribution in [0, 0.1) is 0 Å². The molecule has 146 valence electrons. The molecule has 0 aliphatic carbocycles. The van der Waals surface area contributed by atoms with Gasteiger partial charge in [-0.15, -0.1) is 23.7 Å². The van der Waals surface area contributed by atoms with Gasteiger partial charge in [0.25, 0.3) is 0 Å². The summed E-state index contributed by atoms with van der Waals surface area (Å²) >= 11 is 8.09. The van der Waals surface area contributed by atoms with Gasteiger partial charge in [0.2, 0.25) is 0 Å². The van der Waals surface area contributed by atoms with Crippen LogP contribution in [0.4, 0.5) is 0 Å². The van der Waals surface area contributed by atoms with Gasteiger partial charge in [-0.2, -0.15) is 0 Å². The van der Waals surface area contributed by atoms with E-state index in [-0.39, 0.29) is 12.4 Å². The maximum atomic E-state index is 6.42. The van der Waals surface area contributed by atoms with Crippen molar-refractivity contribution in [2.24, 2.45) is 0 Å². The van der Waals surface area contributed by atoms with Crippen LogP contribution >= 0.6 is 35.3 Å². The molecule has 2 aromatic rings. The van der Waals surface area contributed by atoms with Crippen molar-refractivity contribution in [1.29, 1.82) is 0 Å². The Bertz CT molecular complexity index is 621. The molecule has 0 aliphatic rings. The summed E-state index contributed by atoms with van der Waals surface area (Å²) in [6.45, 7) is 4.56. The second-order valence-electron chi connectivity index (χ2n) is 6.07. The highest BCUT2D eigenvalue weighted by Gasteiger charge is 2.12. The van der Waals surface area contributed by atoms with Crippen LogP contribution in [0.1, 0.15) is 49.5 Å². The molecular formula is C20H29Cl2NO2S. The van der Waals surface area contributed by atoms with Crippen molar-refractivity contribution in [3.05, 3.63) is 45.1 Å². The maximum absolute atomic E-state index is 6.42. The smallest absolute Gasteiger partial charge is 0.180 e. The van der Waals surface area contributed by atoms with E-state index in [9.17, 15) is 0 Å². The van der Waals surface area contributed by atoms with E-state index in [4.69, 9.17) is 21.1 Å². The molecule has 0 saturated carbocycles. The maximum Gasteiger partial charge on any atom is 0.180 e. The number of methoxy groups -OCH3 is 1. The van der Waals surface area contributed by atoms with Gasteiger partial charge in [0.05, 0.1) is 12.1 Å². The van der Waals surface area contributed by atoms with Gasteiger partial charge < -0.3 is 14.8 Å². The lowest BCUT2D eigenvalue weighted by molar-refractivity contribution is 0.287. The Labute approximate surface area is 172 Å². The van der Waals surface area contributed by atoms with Crippen LogP contribution in [0.3, 0.4) is 0 Å². The minimum Gasteiger partial charge on any atom is -0.493 e. The number of ether oxygens (including phenoxy) is 2. The van der Waals surface area contributed by atoms with Gasteiger partial charge in [0.15, 0.2) is 11.5 Å². The summed E-state index contributed by atoms with van der Waals surface area (Å²) in [5, 5.41) is 6.11.